The largest absolute Gasteiger partial charge is 0.383 e. The lowest BCUT2D eigenvalue weighted by molar-refractivity contribution is 0.171. The monoisotopic (exact) mass is 429 g/mol. The van der Waals surface area contributed by atoms with Gasteiger partial charge in [-0.15, -0.1) is 0 Å². The summed E-state index contributed by atoms with van der Waals surface area (Å²) >= 11 is 9.24. The third-order valence-electron chi connectivity index (χ3n) is 4.40. The van der Waals surface area contributed by atoms with Crippen LogP contribution in [0.5, 0.6) is 0 Å². The van der Waals surface area contributed by atoms with E-state index in [1.165, 1.54) is 19.2 Å². The summed E-state index contributed by atoms with van der Waals surface area (Å²) < 4.78 is 32.3. The molecule has 0 bridgehead atoms. The molecule has 128 valence electrons. The Bertz CT molecular complexity index is 839. The molecule has 0 aliphatic heterocycles. The molecule has 0 unspecified atom stereocenters. The Morgan fingerprint density at radius 3 is 2.29 bits per heavy atom. The maximum absolute atomic E-state index is 13.1. The van der Waals surface area contributed by atoms with Gasteiger partial charge >= 0.3 is 0 Å². The van der Waals surface area contributed by atoms with Crippen LogP contribution in [0.2, 0.25) is 5.02 Å². The van der Waals surface area contributed by atoms with E-state index >= 15 is 0 Å². The van der Waals surface area contributed by atoms with Crippen LogP contribution in [-0.2, 0) is 14.6 Å². The van der Waals surface area contributed by atoms with Gasteiger partial charge in [0.15, 0.2) is 9.84 Å². The first-order valence-electron chi connectivity index (χ1n) is 7.33. The van der Waals surface area contributed by atoms with Crippen molar-refractivity contribution in [3.8, 4) is 0 Å². The topological polar surface area (TPSA) is 69.4 Å². The molecular weight excluding hydrogens is 414 g/mol. The van der Waals surface area contributed by atoms with Crippen LogP contribution in [0.4, 0.5) is 0 Å². The number of sulfone groups is 1. The van der Waals surface area contributed by atoms with Crippen LogP contribution in [0.3, 0.4) is 0 Å². The molecular formula is C17H17BrClNO3S. The van der Waals surface area contributed by atoms with Crippen LogP contribution in [0.15, 0.2) is 57.9 Å². The summed E-state index contributed by atoms with van der Waals surface area (Å²) in [5.74, 6) is -0.314. The van der Waals surface area contributed by atoms with Gasteiger partial charge in [-0.05, 0) is 42.0 Å². The van der Waals surface area contributed by atoms with Crippen molar-refractivity contribution in [2.45, 2.75) is 21.6 Å². The van der Waals surface area contributed by atoms with Gasteiger partial charge in [-0.25, -0.2) is 8.42 Å². The molecule has 7 heteroatoms. The fraction of sp³-hybridized carbons (Fsp3) is 0.294. The van der Waals surface area contributed by atoms with E-state index < -0.39 is 20.6 Å². The smallest absolute Gasteiger partial charge is 0.183 e. The molecule has 0 spiro atoms. The molecule has 1 fully saturated rings. The standard InChI is InChI=1S/C17H17BrClNO3S/c1-23-10-17(20)15(11-2-4-12(18)5-3-11)16(17)24(21,22)14-8-6-13(19)7-9-14/h2-9,15-16H,10,20H2,1H3/t15-,16-,17+/m0/s1. The fourth-order valence-corrected chi connectivity index (χ4v) is 5.92. The summed E-state index contributed by atoms with van der Waals surface area (Å²) in [5, 5.41) is -0.239. The van der Waals surface area contributed by atoms with Gasteiger partial charge in [-0.2, -0.15) is 0 Å². The molecule has 2 N–H and O–H groups in total. The van der Waals surface area contributed by atoms with E-state index in [1.54, 1.807) is 12.1 Å². The van der Waals surface area contributed by atoms with Crippen molar-refractivity contribution in [3.05, 3.63) is 63.6 Å². The van der Waals surface area contributed by atoms with Gasteiger partial charge in [0, 0.05) is 22.5 Å². The predicted octanol–water partition coefficient (Wildman–Crippen LogP) is 3.39. The summed E-state index contributed by atoms with van der Waals surface area (Å²) in [7, 11) is -2.07. The maximum Gasteiger partial charge on any atom is 0.183 e. The zero-order chi connectivity index (χ0) is 17.5. The number of methoxy groups -OCH3 is 1. The first-order valence-corrected chi connectivity index (χ1v) is 10.0. The number of benzene rings is 2. The van der Waals surface area contributed by atoms with E-state index in [0.717, 1.165) is 10.0 Å². The molecule has 0 aromatic heterocycles. The number of hydrogen-bond donors (Lipinski definition) is 1. The van der Waals surface area contributed by atoms with Crippen molar-refractivity contribution >= 4 is 37.4 Å². The Labute approximate surface area is 155 Å². The summed E-state index contributed by atoms with van der Waals surface area (Å²) in [4.78, 5) is 0.224. The Kier molecular flexibility index (Phi) is 4.79. The zero-order valence-corrected chi connectivity index (χ0v) is 16.1. The van der Waals surface area contributed by atoms with Gasteiger partial charge in [0.05, 0.1) is 22.3 Å². The molecule has 4 nitrogen and oxygen atoms in total. The average Bonchev–Trinajstić information content (AvgIpc) is 3.15. The minimum absolute atomic E-state index is 0.172. The van der Waals surface area contributed by atoms with Crippen molar-refractivity contribution in [2.75, 3.05) is 13.7 Å². The molecule has 0 heterocycles. The van der Waals surface area contributed by atoms with Gasteiger partial charge in [-0.3, -0.25) is 0 Å². The number of ether oxygens (including phenoxy) is 1. The zero-order valence-electron chi connectivity index (χ0n) is 12.9. The lowest BCUT2D eigenvalue weighted by atomic mass is 10.1. The lowest BCUT2D eigenvalue weighted by Crippen LogP contribution is -2.35. The second-order valence-electron chi connectivity index (χ2n) is 5.99. The summed E-state index contributed by atoms with van der Waals surface area (Å²) in [6.07, 6.45) is 0. The summed E-state index contributed by atoms with van der Waals surface area (Å²) in [6.45, 7) is 0.172. The lowest BCUT2D eigenvalue weighted by Gasteiger charge is -2.11. The average molecular weight is 431 g/mol. The van der Waals surface area contributed by atoms with E-state index in [9.17, 15) is 8.42 Å². The number of hydrogen-bond acceptors (Lipinski definition) is 4. The highest BCUT2D eigenvalue weighted by molar-refractivity contribution is 9.10. The predicted molar refractivity (Wildman–Crippen MR) is 98.1 cm³/mol. The van der Waals surface area contributed by atoms with Gasteiger partial charge in [-0.1, -0.05) is 39.7 Å². The fourth-order valence-electron chi connectivity index (χ4n) is 3.24. The molecule has 1 aliphatic rings. The Morgan fingerprint density at radius 1 is 1.17 bits per heavy atom. The molecule has 24 heavy (non-hydrogen) atoms. The first kappa shape index (κ1) is 17.9. The van der Waals surface area contributed by atoms with E-state index in [1.807, 2.05) is 24.3 Å². The van der Waals surface area contributed by atoms with Crippen molar-refractivity contribution < 1.29 is 13.2 Å². The van der Waals surface area contributed by atoms with Crippen LogP contribution < -0.4 is 5.73 Å². The molecule has 1 aliphatic carbocycles. The van der Waals surface area contributed by atoms with Crippen molar-refractivity contribution in [1.82, 2.24) is 0 Å². The minimum Gasteiger partial charge on any atom is -0.383 e. The SMILES string of the molecule is COC[C@@]1(N)[C@@H](c2ccc(Br)cc2)[C@@H]1S(=O)(=O)c1ccc(Cl)cc1. The van der Waals surface area contributed by atoms with Crippen LogP contribution in [-0.4, -0.2) is 32.9 Å². The second kappa shape index (κ2) is 6.42. The second-order valence-corrected chi connectivity index (χ2v) is 9.42. The number of nitrogens with two attached hydrogens (primary N) is 1. The van der Waals surface area contributed by atoms with E-state index in [4.69, 9.17) is 22.1 Å². The number of rotatable bonds is 5. The minimum atomic E-state index is -3.60. The highest BCUT2D eigenvalue weighted by Crippen LogP contribution is 2.55. The van der Waals surface area contributed by atoms with Crippen LogP contribution in [0.25, 0.3) is 0 Å². The third kappa shape index (κ3) is 3.02. The highest BCUT2D eigenvalue weighted by atomic mass is 79.9. The normalized spacial score (nSPS) is 26.3. The van der Waals surface area contributed by atoms with Gasteiger partial charge < -0.3 is 10.5 Å². The first-order chi connectivity index (χ1) is 11.3. The van der Waals surface area contributed by atoms with Gasteiger partial charge in [0.2, 0.25) is 0 Å². The quantitative estimate of drug-likeness (QED) is 0.789. The van der Waals surface area contributed by atoms with E-state index in [2.05, 4.69) is 15.9 Å². The molecule has 3 rings (SSSR count). The van der Waals surface area contributed by atoms with Crippen LogP contribution >= 0.6 is 27.5 Å². The van der Waals surface area contributed by atoms with Gasteiger partial charge in [0.25, 0.3) is 0 Å². The molecule has 3 atom stereocenters. The Balaban J connectivity index is 2.01. The van der Waals surface area contributed by atoms with Gasteiger partial charge in [0.1, 0.15) is 0 Å². The van der Waals surface area contributed by atoms with E-state index in [-0.39, 0.29) is 17.4 Å². The third-order valence-corrected chi connectivity index (χ3v) is 7.49. The van der Waals surface area contributed by atoms with Crippen LogP contribution in [0, 0.1) is 0 Å². The van der Waals surface area contributed by atoms with Crippen molar-refractivity contribution in [2.24, 2.45) is 5.73 Å². The van der Waals surface area contributed by atoms with Crippen LogP contribution in [0.1, 0.15) is 11.5 Å². The maximum atomic E-state index is 13.1. The summed E-state index contributed by atoms with van der Waals surface area (Å²) in [6, 6.07) is 13.7. The number of halogens is 2. The Morgan fingerprint density at radius 2 is 1.75 bits per heavy atom. The molecule has 2 aromatic carbocycles. The molecule has 1 saturated carbocycles. The van der Waals surface area contributed by atoms with E-state index in [0.29, 0.717) is 5.02 Å². The Hall–Kier alpha value is -0.920. The highest BCUT2D eigenvalue weighted by Gasteiger charge is 2.69. The molecule has 2 aromatic rings. The molecule has 0 amide bonds. The molecule has 0 saturated heterocycles. The van der Waals surface area contributed by atoms with Crippen molar-refractivity contribution in [3.63, 3.8) is 0 Å². The summed E-state index contributed by atoms with van der Waals surface area (Å²) in [5.41, 5.74) is 6.37. The molecule has 0 radical (unpaired) electrons. The van der Waals surface area contributed by atoms with Crippen molar-refractivity contribution in [1.29, 1.82) is 0 Å².